The smallest absolute Gasteiger partial charge is 0.267 e. The number of piperazine rings is 1. The molecular formula is C15H21F2N9S. The summed E-state index contributed by atoms with van der Waals surface area (Å²) in [5.74, 6) is -1.62. The predicted octanol–water partition coefficient (Wildman–Crippen LogP) is 1.19. The highest BCUT2D eigenvalue weighted by Gasteiger charge is 2.39. The summed E-state index contributed by atoms with van der Waals surface area (Å²) in [6.07, 6.45) is 5.19. The average molecular weight is 397 g/mol. The minimum atomic E-state index is -2.71. The molecule has 0 radical (unpaired) electrons. The highest BCUT2D eigenvalue weighted by molar-refractivity contribution is 7.97. The van der Waals surface area contributed by atoms with E-state index in [1.807, 2.05) is 17.4 Å². The Balaban J connectivity index is 1.63. The first-order chi connectivity index (χ1) is 13.0. The van der Waals surface area contributed by atoms with E-state index in [0.717, 1.165) is 31.9 Å². The highest BCUT2D eigenvalue weighted by Crippen LogP contribution is 2.30. The Morgan fingerprint density at radius 3 is 2.48 bits per heavy atom. The SMILES string of the molecule is CSn1cc(Nc2nc(N3CCNCC3)nc(N3CCC(F)(F)C3)n2)cn1. The van der Waals surface area contributed by atoms with Crippen molar-refractivity contribution in [2.24, 2.45) is 0 Å². The van der Waals surface area contributed by atoms with Gasteiger partial charge in [-0.15, -0.1) is 0 Å². The van der Waals surface area contributed by atoms with Gasteiger partial charge in [0.25, 0.3) is 5.92 Å². The number of halogens is 2. The van der Waals surface area contributed by atoms with Crippen molar-refractivity contribution in [3.05, 3.63) is 12.4 Å². The van der Waals surface area contributed by atoms with Gasteiger partial charge >= 0.3 is 0 Å². The molecule has 4 heterocycles. The Morgan fingerprint density at radius 2 is 1.85 bits per heavy atom. The van der Waals surface area contributed by atoms with Crippen molar-refractivity contribution in [3.8, 4) is 0 Å². The Hall–Kier alpha value is -2.21. The summed E-state index contributed by atoms with van der Waals surface area (Å²) in [5.41, 5.74) is 0.722. The molecule has 12 heteroatoms. The second-order valence-corrected chi connectivity index (χ2v) is 7.20. The molecule has 2 aromatic heterocycles. The fraction of sp³-hybridized carbons (Fsp3) is 0.600. The van der Waals surface area contributed by atoms with Gasteiger partial charge in [0.15, 0.2) is 0 Å². The lowest BCUT2D eigenvalue weighted by atomic mass is 10.3. The highest BCUT2D eigenvalue weighted by atomic mass is 32.2. The van der Waals surface area contributed by atoms with Crippen LogP contribution in [-0.4, -0.2) is 75.6 Å². The van der Waals surface area contributed by atoms with Gasteiger partial charge in [-0.3, -0.25) is 0 Å². The third-order valence-corrected chi connectivity index (χ3v) is 5.04. The van der Waals surface area contributed by atoms with Gasteiger partial charge in [-0.2, -0.15) is 20.1 Å². The maximum absolute atomic E-state index is 13.7. The van der Waals surface area contributed by atoms with Crippen LogP contribution in [0.1, 0.15) is 6.42 Å². The molecule has 9 nitrogen and oxygen atoms in total. The van der Waals surface area contributed by atoms with Crippen LogP contribution < -0.4 is 20.4 Å². The van der Waals surface area contributed by atoms with Gasteiger partial charge in [0.05, 0.1) is 24.6 Å². The molecule has 2 N–H and O–H groups in total. The second-order valence-electron chi connectivity index (χ2n) is 6.46. The summed E-state index contributed by atoms with van der Waals surface area (Å²) in [4.78, 5) is 16.9. The lowest BCUT2D eigenvalue weighted by Gasteiger charge is -2.28. The standard InChI is InChI=1S/C15H21F2N9S/c1-27-26-9-11(8-19-26)20-12-21-13(24-6-3-18-4-7-24)23-14(22-12)25-5-2-15(16,17)10-25/h8-9,18H,2-7,10H2,1H3,(H,20,21,22,23). The van der Waals surface area contributed by atoms with Crippen LogP contribution in [0.5, 0.6) is 0 Å². The molecule has 146 valence electrons. The van der Waals surface area contributed by atoms with E-state index in [-0.39, 0.29) is 25.5 Å². The summed E-state index contributed by atoms with van der Waals surface area (Å²) in [7, 11) is 0. The molecule has 2 aliphatic heterocycles. The van der Waals surface area contributed by atoms with Crippen LogP contribution >= 0.6 is 11.9 Å². The van der Waals surface area contributed by atoms with Crippen molar-refractivity contribution in [1.82, 2.24) is 29.5 Å². The van der Waals surface area contributed by atoms with E-state index < -0.39 is 5.92 Å². The molecule has 0 unspecified atom stereocenters. The first-order valence-electron chi connectivity index (χ1n) is 8.73. The van der Waals surface area contributed by atoms with Crippen LogP contribution in [0.15, 0.2) is 12.4 Å². The molecule has 0 spiro atoms. The van der Waals surface area contributed by atoms with E-state index in [1.54, 1.807) is 10.3 Å². The number of aromatic nitrogens is 5. The molecule has 2 fully saturated rings. The van der Waals surface area contributed by atoms with E-state index in [4.69, 9.17) is 0 Å². The number of rotatable bonds is 5. The van der Waals surface area contributed by atoms with Crippen LogP contribution in [0.25, 0.3) is 0 Å². The summed E-state index contributed by atoms with van der Waals surface area (Å²) >= 11 is 1.46. The first kappa shape index (κ1) is 18.2. The van der Waals surface area contributed by atoms with Crippen LogP contribution in [0.2, 0.25) is 0 Å². The lowest BCUT2D eigenvalue weighted by Crippen LogP contribution is -2.44. The van der Waals surface area contributed by atoms with Crippen molar-refractivity contribution in [2.75, 3.05) is 60.6 Å². The third-order valence-electron chi connectivity index (χ3n) is 4.47. The largest absolute Gasteiger partial charge is 0.338 e. The predicted molar refractivity (Wildman–Crippen MR) is 101 cm³/mol. The van der Waals surface area contributed by atoms with Gasteiger partial charge in [-0.05, 0) is 11.9 Å². The third kappa shape index (κ3) is 4.21. The van der Waals surface area contributed by atoms with Gasteiger partial charge in [-0.1, -0.05) is 0 Å². The average Bonchev–Trinajstić information content (AvgIpc) is 3.28. The Morgan fingerprint density at radius 1 is 1.11 bits per heavy atom. The molecule has 0 atom stereocenters. The Labute approximate surface area is 159 Å². The van der Waals surface area contributed by atoms with Gasteiger partial charge in [0.2, 0.25) is 17.8 Å². The summed E-state index contributed by atoms with van der Waals surface area (Å²) in [6, 6.07) is 0. The van der Waals surface area contributed by atoms with Crippen LogP contribution in [0.3, 0.4) is 0 Å². The number of hydrogen-bond donors (Lipinski definition) is 2. The minimum absolute atomic E-state index is 0.190. The van der Waals surface area contributed by atoms with Gasteiger partial charge in [0, 0.05) is 45.4 Å². The molecule has 0 bridgehead atoms. The quantitative estimate of drug-likeness (QED) is 0.773. The molecule has 2 aromatic rings. The van der Waals surface area contributed by atoms with Crippen LogP contribution in [0, 0.1) is 0 Å². The zero-order valence-corrected chi connectivity index (χ0v) is 15.7. The normalized spacial score (nSPS) is 19.5. The maximum Gasteiger partial charge on any atom is 0.267 e. The minimum Gasteiger partial charge on any atom is -0.338 e. The van der Waals surface area contributed by atoms with Crippen molar-refractivity contribution in [2.45, 2.75) is 12.3 Å². The number of nitrogens with zero attached hydrogens (tertiary/aromatic N) is 7. The number of nitrogens with one attached hydrogen (secondary N) is 2. The molecular weight excluding hydrogens is 376 g/mol. The summed E-state index contributed by atoms with van der Waals surface area (Å²) < 4.78 is 29.0. The molecule has 4 rings (SSSR count). The van der Waals surface area contributed by atoms with E-state index in [0.29, 0.717) is 11.9 Å². The maximum atomic E-state index is 13.7. The fourth-order valence-corrected chi connectivity index (χ4v) is 3.42. The Kier molecular flexibility index (Phi) is 5.00. The Bertz CT molecular complexity index is 793. The van der Waals surface area contributed by atoms with E-state index in [9.17, 15) is 8.78 Å². The number of alkyl halides is 2. The molecule has 0 aliphatic carbocycles. The van der Waals surface area contributed by atoms with Crippen LogP contribution in [-0.2, 0) is 0 Å². The zero-order chi connectivity index (χ0) is 18.9. The number of anilines is 4. The molecule has 0 aromatic carbocycles. The number of hydrogen-bond acceptors (Lipinski definition) is 9. The van der Waals surface area contributed by atoms with E-state index >= 15 is 0 Å². The topological polar surface area (TPSA) is 87.0 Å². The second kappa shape index (κ2) is 7.43. The van der Waals surface area contributed by atoms with Crippen molar-refractivity contribution in [3.63, 3.8) is 0 Å². The van der Waals surface area contributed by atoms with Gasteiger partial charge < -0.3 is 20.4 Å². The fourth-order valence-electron chi connectivity index (χ4n) is 3.06. The lowest BCUT2D eigenvalue weighted by molar-refractivity contribution is 0.0256. The molecule has 2 aliphatic rings. The van der Waals surface area contributed by atoms with Crippen molar-refractivity contribution >= 4 is 35.5 Å². The van der Waals surface area contributed by atoms with Crippen molar-refractivity contribution < 1.29 is 8.78 Å². The molecule has 27 heavy (non-hydrogen) atoms. The van der Waals surface area contributed by atoms with E-state index in [1.165, 1.54) is 16.8 Å². The van der Waals surface area contributed by atoms with Crippen LogP contribution in [0.4, 0.5) is 32.3 Å². The first-order valence-corrected chi connectivity index (χ1v) is 9.91. The van der Waals surface area contributed by atoms with Gasteiger partial charge in [0.1, 0.15) is 0 Å². The van der Waals surface area contributed by atoms with E-state index in [2.05, 4.69) is 30.7 Å². The monoisotopic (exact) mass is 397 g/mol. The zero-order valence-electron chi connectivity index (χ0n) is 14.9. The summed E-state index contributed by atoms with van der Waals surface area (Å²) in [6.45, 7) is 3.01. The molecule has 2 saturated heterocycles. The molecule has 0 amide bonds. The van der Waals surface area contributed by atoms with Gasteiger partial charge in [-0.25, -0.2) is 12.9 Å². The summed E-state index contributed by atoms with van der Waals surface area (Å²) in [5, 5.41) is 10.6. The molecule has 0 saturated carbocycles. The van der Waals surface area contributed by atoms with Crippen molar-refractivity contribution in [1.29, 1.82) is 0 Å².